The summed E-state index contributed by atoms with van der Waals surface area (Å²) in [6.07, 6.45) is -3.29. The highest BCUT2D eigenvalue weighted by atomic mass is 31.2. The Labute approximate surface area is 163 Å². The van der Waals surface area contributed by atoms with Gasteiger partial charge in [0.1, 0.15) is 0 Å². The van der Waals surface area contributed by atoms with Gasteiger partial charge in [-0.25, -0.2) is 14.7 Å². The topological polar surface area (TPSA) is 147 Å². The molecule has 28 heavy (non-hydrogen) atoms. The van der Waals surface area contributed by atoms with Gasteiger partial charge in [0, 0.05) is 13.5 Å². The van der Waals surface area contributed by atoms with Crippen molar-refractivity contribution in [3.8, 4) is 0 Å². The molecule has 0 aliphatic carbocycles. The molecule has 0 radical (unpaired) electrons. The van der Waals surface area contributed by atoms with Crippen molar-refractivity contribution >= 4 is 25.8 Å². The number of hydrogen-bond donors (Lipinski definition) is 1. The van der Waals surface area contributed by atoms with E-state index in [0.717, 1.165) is 7.05 Å². The molecule has 164 valence electrons. The molecule has 0 aromatic carbocycles. The molecule has 13 heteroatoms. The Hall–Kier alpha value is -1.88. The molecule has 0 aliphatic heterocycles. The van der Waals surface area contributed by atoms with Crippen molar-refractivity contribution in [2.75, 3.05) is 26.8 Å². The molecule has 0 bridgehead atoms. The zero-order valence-corrected chi connectivity index (χ0v) is 17.5. The highest BCUT2D eigenvalue weighted by Crippen LogP contribution is 2.49. The van der Waals surface area contributed by atoms with E-state index < -0.39 is 51.6 Å². The third-order valence-corrected chi connectivity index (χ3v) is 4.56. The average molecular weight is 429 g/mol. The molecule has 1 amide bonds. The second kappa shape index (κ2) is 13.3. The second-order valence-corrected chi connectivity index (χ2v) is 8.16. The smallest absolute Gasteiger partial charge is 0.432 e. The van der Waals surface area contributed by atoms with Crippen LogP contribution in [0.1, 0.15) is 40.5 Å². The monoisotopic (exact) mass is 429 g/mol. The molecule has 12 nitrogen and oxygen atoms in total. The molecule has 0 spiro atoms. The van der Waals surface area contributed by atoms with Gasteiger partial charge in [-0.05, 0) is 34.1 Å². The number of carbonyl (C=O) groups is 3. The van der Waals surface area contributed by atoms with E-state index in [1.807, 2.05) is 0 Å². The number of nitrogens with zero attached hydrogens (tertiary/aromatic N) is 1. The van der Waals surface area contributed by atoms with Crippen molar-refractivity contribution in [2.45, 2.75) is 52.7 Å². The van der Waals surface area contributed by atoms with E-state index in [1.165, 1.54) is 0 Å². The molecule has 0 saturated carbocycles. The van der Waals surface area contributed by atoms with Crippen LogP contribution in [-0.4, -0.2) is 67.5 Å². The number of rotatable bonds is 12. The summed E-state index contributed by atoms with van der Waals surface area (Å²) < 4.78 is 41.3. The predicted molar refractivity (Wildman–Crippen MR) is 93.6 cm³/mol. The Morgan fingerprint density at radius 1 is 0.929 bits per heavy atom. The molecule has 0 aromatic rings. The van der Waals surface area contributed by atoms with Gasteiger partial charge in [-0.1, -0.05) is 0 Å². The summed E-state index contributed by atoms with van der Waals surface area (Å²) in [4.78, 5) is 34.0. The molecule has 0 atom stereocenters. The lowest BCUT2D eigenvalue weighted by Crippen LogP contribution is -2.22. The SMILES string of the molecule is CC(C)OC(=O)OCOP(=O)(CCCC(=O)N(C)O)OCOC(=O)OC(C)C. The maximum Gasteiger partial charge on any atom is 0.510 e. The van der Waals surface area contributed by atoms with E-state index in [-0.39, 0.29) is 19.0 Å². The maximum atomic E-state index is 12.7. The predicted octanol–water partition coefficient (Wildman–Crippen LogP) is 2.88. The van der Waals surface area contributed by atoms with Gasteiger partial charge in [0.2, 0.25) is 19.5 Å². The second-order valence-electron chi connectivity index (χ2n) is 5.97. The highest BCUT2D eigenvalue weighted by molar-refractivity contribution is 7.53. The first-order valence-corrected chi connectivity index (χ1v) is 10.2. The fourth-order valence-corrected chi connectivity index (χ4v) is 2.82. The van der Waals surface area contributed by atoms with Gasteiger partial charge < -0.3 is 18.9 Å². The number of amides is 1. The van der Waals surface area contributed by atoms with Crippen molar-refractivity contribution in [2.24, 2.45) is 0 Å². The molecule has 0 aliphatic rings. The Kier molecular flexibility index (Phi) is 12.4. The quantitative estimate of drug-likeness (QED) is 0.160. The van der Waals surface area contributed by atoms with Crippen molar-refractivity contribution in [3.05, 3.63) is 0 Å². The summed E-state index contributed by atoms with van der Waals surface area (Å²) in [5, 5.41) is 9.40. The first-order chi connectivity index (χ1) is 12.9. The maximum absolute atomic E-state index is 12.7. The van der Waals surface area contributed by atoms with Gasteiger partial charge in [-0.3, -0.25) is 23.6 Å². The Morgan fingerprint density at radius 2 is 1.36 bits per heavy atom. The van der Waals surface area contributed by atoms with Gasteiger partial charge in [-0.2, -0.15) is 0 Å². The van der Waals surface area contributed by atoms with Crippen LogP contribution in [0.4, 0.5) is 9.59 Å². The van der Waals surface area contributed by atoms with Crippen LogP contribution in [0.2, 0.25) is 0 Å². The minimum absolute atomic E-state index is 0.0217. The number of ether oxygens (including phenoxy) is 4. The summed E-state index contributed by atoms with van der Waals surface area (Å²) in [6, 6.07) is 0. The molecule has 1 N–H and O–H groups in total. The Balaban J connectivity index is 4.62. The van der Waals surface area contributed by atoms with Crippen LogP contribution in [0.15, 0.2) is 0 Å². The third-order valence-electron chi connectivity index (χ3n) is 2.70. The van der Waals surface area contributed by atoms with Crippen LogP contribution in [0.3, 0.4) is 0 Å². The van der Waals surface area contributed by atoms with Crippen LogP contribution in [0.5, 0.6) is 0 Å². The lowest BCUT2D eigenvalue weighted by molar-refractivity contribution is -0.159. The summed E-state index contributed by atoms with van der Waals surface area (Å²) in [5.41, 5.74) is 0. The standard InChI is InChI=1S/C15H28NO11P/c1-11(2)26-14(18)22-9-24-28(21,8-6-7-13(17)16(5)20)25-10-23-15(19)27-12(3)4/h11-12,20H,6-10H2,1-5H3. The fraction of sp³-hybridized carbons (Fsp3) is 0.800. The van der Waals surface area contributed by atoms with E-state index >= 15 is 0 Å². The van der Waals surface area contributed by atoms with Crippen molar-refractivity contribution in [3.63, 3.8) is 0 Å². The van der Waals surface area contributed by atoms with Crippen LogP contribution in [0, 0.1) is 0 Å². The summed E-state index contributed by atoms with van der Waals surface area (Å²) in [7, 11) is -2.75. The van der Waals surface area contributed by atoms with E-state index in [1.54, 1.807) is 27.7 Å². The van der Waals surface area contributed by atoms with Gasteiger partial charge >= 0.3 is 19.9 Å². The van der Waals surface area contributed by atoms with Gasteiger partial charge in [0.25, 0.3) is 0 Å². The van der Waals surface area contributed by atoms with Crippen molar-refractivity contribution in [1.29, 1.82) is 0 Å². The van der Waals surface area contributed by atoms with Crippen LogP contribution in [-0.2, 0) is 37.4 Å². The normalized spacial score (nSPS) is 11.3. The van der Waals surface area contributed by atoms with E-state index in [9.17, 15) is 18.9 Å². The molecule has 0 fully saturated rings. The van der Waals surface area contributed by atoms with Gasteiger partial charge in [-0.15, -0.1) is 0 Å². The Bertz CT molecular complexity index is 518. The minimum atomic E-state index is -3.90. The molecular weight excluding hydrogens is 401 g/mol. The first-order valence-electron chi connectivity index (χ1n) is 8.45. The number of carbonyl (C=O) groups excluding carboxylic acids is 3. The molecule has 0 saturated heterocycles. The van der Waals surface area contributed by atoms with Crippen molar-refractivity contribution < 1.29 is 52.2 Å². The number of hydroxylamine groups is 2. The van der Waals surface area contributed by atoms with E-state index in [4.69, 9.17) is 23.7 Å². The number of hydrogen-bond acceptors (Lipinski definition) is 11. The average Bonchev–Trinajstić information content (AvgIpc) is 2.53. The Morgan fingerprint density at radius 3 is 1.71 bits per heavy atom. The van der Waals surface area contributed by atoms with E-state index in [0.29, 0.717) is 5.06 Å². The molecule has 0 aromatic heterocycles. The minimum Gasteiger partial charge on any atom is -0.432 e. The fourth-order valence-electron chi connectivity index (χ4n) is 1.51. The molecular formula is C15H28NO11P. The van der Waals surface area contributed by atoms with Crippen molar-refractivity contribution in [1.82, 2.24) is 5.06 Å². The first kappa shape index (κ1) is 26.1. The lowest BCUT2D eigenvalue weighted by atomic mass is 10.3. The van der Waals surface area contributed by atoms with Crippen LogP contribution >= 0.6 is 7.60 Å². The van der Waals surface area contributed by atoms with Crippen LogP contribution in [0.25, 0.3) is 0 Å². The highest BCUT2D eigenvalue weighted by Gasteiger charge is 2.27. The summed E-state index contributed by atoms with van der Waals surface area (Å²) >= 11 is 0. The summed E-state index contributed by atoms with van der Waals surface area (Å²) in [5.74, 6) is -0.611. The zero-order chi connectivity index (χ0) is 21.7. The third kappa shape index (κ3) is 13.3. The van der Waals surface area contributed by atoms with Crippen LogP contribution < -0.4 is 0 Å². The molecule has 0 heterocycles. The zero-order valence-electron chi connectivity index (χ0n) is 16.6. The molecule has 0 rings (SSSR count). The van der Waals surface area contributed by atoms with Gasteiger partial charge in [0.05, 0.1) is 18.4 Å². The summed E-state index contributed by atoms with van der Waals surface area (Å²) in [6.45, 7) is 4.95. The van der Waals surface area contributed by atoms with Gasteiger partial charge in [0.15, 0.2) is 0 Å². The molecule has 0 unspecified atom stereocenters. The lowest BCUT2D eigenvalue weighted by Gasteiger charge is -2.19. The largest absolute Gasteiger partial charge is 0.510 e. The van der Waals surface area contributed by atoms with E-state index in [2.05, 4.69) is 9.47 Å².